The van der Waals surface area contributed by atoms with E-state index in [2.05, 4.69) is 10.1 Å². The van der Waals surface area contributed by atoms with E-state index in [1.54, 1.807) is 0 Å². The third kappa shape index (κ3) is 7.92. The molecule has 0 aliphatic carbocycles. The smallest absolute Gasteiger partial charge is 0.305 e. The molecule has 9 nitrogen and oxygen atoms in total. The molecule has 2 aromatic carbocycles. The summed E-state index contributed by atoms with van der Waals surface area (Å²) in [5.41, 5.74) is 0.227. The molecule has 39 heavy (non-hydrogen) atoms. The predicted octanol–water partition coefficient (Wildman–Crippen LogP) is 1.77. The monoisotopic (exact) mass is 561 g/mol. The minimum Gasteiger partial charge on any atom is -0.481 e. The third-order valence-electron chi connectivity index (χ3n) is 5.59. The van der Waals surface area contributed by atoms with E-state index in [1.165, 1.54) is 9.80 Å². The highest BCUT2D eigenvalue weighted by Crippen LogP contribution is 2.26. The summed E-state index contributed by atoms with van der Waals surface area (Å²) < 4.78 is 85.5. The van der Waals surface area contributed by atoms with Gasteiger partial charge in [0.25, 0.3) is 0 Å². The van der Waals surface area contributed by atoms with Crippen molar-refractivity contribution >= 4 is 23.6 Å². The van der Waals surface area contributed by atoms with Gasteiger partial charge in [-0.2, -0.15) is 8.78 Å². The lowest BCUT2D eigenvalue weighted by Gasteiger charge is -2.34. The van der Waals surface area contributed by atoms with Crippen molar-refractivity contribution in [2.45, 2.75) is 19.0 Å². The van der Waals surface area contributed by atoms with Crippen molar-refractivity contribution in [2.24, 2.45) is 0 Å². The third-order valence-corrected chi connectivity index (χ3v) is 5.59. The van der Waals surface area contributed by atoms with Crippen LogP contribution in [0.25, 0.3) is 0 Å². The van der Waals surface area contributed by atoms with Crippen LogP contribution in [0.3, 0.4) is 0 Å². The Morgan fingerprint density at radius 3 is 2.13 bits per heavy atom. The number of carboxylic acids is 1. The minimum atomic E-state index is -1.91. The van der Waals surface area contributed by atoms with Crippen LogP contribution >= 0.6 is 0 Å². The van der Waals surface area contributed by atoms with Crippen LogP contribution in [0.2, 0.25) is 0 Å². The number of carboxylic acid groups (broad SMARTS) is 1. The number of piperazine rings is 1. The summed E-state index contributed by atoms with van der Waals surface area (Å²) in [5.74, 6) is -14.6. The van der Waals surface area contributed by atoms with Crippen LogP contribution in [0.15, 0.2) is 24.3 Å². The van der Waals surface area contributed by atoms with Crippen LogP contribution in [0.4, 0.5) is 26.3 Å². The maximum absolute atomic E-state index is 13.7. The van der Waals surface area contributed by atoms with Crippen LogP contribution in [-0.4, -0.2) is 77.3 Å². The molecule has 0 radical (unpaired) electrons. The molecular weight excluding hydrogens is 540 g/mol. The van der Waals surface area contributed by atoms with Crippen LogP contribution in [-0.2, 0) is 25.7 Å². The van der Waals surface area contributed by atoms with Gasteiger partial charge in [-0.1, -0.05) is 0 Å². The van der Waals surface area contributed by atoms with Gasteiger partial charge in [-0.15, -0.1) is 0 Å². The number of aliphatic carboxylic acids is 1. The predicted molar refractivity (Wildman–Crippen MR) is 119 cm³/mol. The van der Waals surface area contributed by atoms with Crippen molar-refractivity contribution in [1.29, 1.82) is 0 Å². The molecule has 1 aliphatic rings. The van der Waals surface area contributed by atoms with E-state index in [1.807, 2.05) is 0 Å². The van der Waals surface area contributed by atoms with Gasteiger partial charge < -0.3 is 20.1 Å². The van der Waals surface area contributed by atoms with Gasteiger partial charge >= 0.3 is 5.97 Å². The lowest BCUT2D eigenvalue weighted by molar-refractivity contribution is -0.140. The molecule has 2 N–H and O–H groups in total. The summed E-state index contributed by atoms with van der Waals surface area (Å²) in [7, 11) is 0. The number of rotatable bonds is 11. The lowest BCUT2D eigenvalue weighted by atomic mass is 10.1. The van der Waals surface area contributed by atoms with E-state index >= 15 is 0 Å². The Morgan fingerprint density at radius 1 is 0.949 bits per heavy atom. The zero-order valence-electron chi connectivity index (χ0n) is 20.0. The van der Waals surface area contributed by atoms with Crippen molar-refractivity contribution in [2.75, 3.05) is 32.8 Å². The molecule has 15 heteroatoms. The number of ether oxygens (including phenoxy) is 1. The maximum atomic E-state index is 13.7. The minimum absolute atomic E-state index is 0.0703. The van der Waals surface area contributed by atoms with Crippen LogP contribution < -0.4 is 10.1 Å². The summed E-state index contributed by atoms with van der Waals surface area (Å²) in [4.78, 5) is 51.2. The van der Waals surface area contributed by atoms with Crippen LogP contribution in [0, 0.1) is 34.9 Å². The van der Waals surface area contributed by atoms with E-state index in [4.69, 9.17) is 5.11 Å². The zero-order chi connectivity index (χ0) is 28.9. The molecular formula is C24H21F6N3O6. The highest BCUT2D eigenvalue weighted by atomic mass is 19.2. The molecule has 0 aromatic heterocycles. The highest BCUT2D eigenvalue weighted by Gasteiger charge is 2.29. The molecule has 1 atom stereocenters. The number of halogens is 6. The van der Waals surface area contributed by atoms with Gasteiger partial charge in [0.15, 0.2) is 23.2 Å². The standard InChI is InChI=1S/C24H21F6N3O6/c25-13-3-12(4-14(26)5-13)8-33-2-1-32(10-20(33)36)9-19(35)31-17(7-21(37)38)18(34)11-39-24-22(29)15(27)6-16(28)23(24)30/h3-6,17H,1-2,7-11H2,(H,31,35)(H,37,38)/t17-/m0/s1. The number of carbonyl (C=O) groups is 4. The zero-order valence-corrected chi connectivity index (χ0v) is 20.0. The number of hydrogen-bond donors (Lipinski definition) is 2. The average molecular weight is 561 g/mol. The van der Waals surface area contributed by atoms with Gasteiger partial charge in [-0.25, -0.2) is 17.6 Å². The van der Waals surface area contributed by atoms with E-state index in [-0.39, 0.29) is 37.8 Å². The topological polar surface area (TPSA) is 116 Å². The second kappa shape index (κ2) is 12.6. The van der Waals surface area contributed by atoms with Gasteiger partial charge in [0.2, 0.25) is 23.4 Å². The van der Waals surface area contributed by atoms with Crippen molar-refractivity contribution in [3.05, 3.63) is 64.7 Å². The Balaban J connectivity index is 1.56. The number of amides is 2. The first-order valence-electron chi connectivity index (χ1n) is 11.3. The Kier molecular flexibility index (Phi) is 9.51. The molecule has 2 aromatic rings. The van der Waals surface area contributed by atoms with Crippen molar-refractivity contribution in [3.8, 4) is 5.75 Å². The van der Waals surface area contributed by atoms with Gasteiger partial charge in [0, 0.05) is 31.8 Å². The number of ketones is 1. The summed E-state index contributed by atoms with van der Waals surface area (Å²) >= 11 is 0. The van der Waals surface area contributed by atoms with Gasteiger partial charge in [-0.3, -0.25) is 24.1 Å². The summed E-state index contributed by atoms with van der Waals surface area (Å²) in [6.07, 6.45) is -0.951. The summed E-state index contributed by atoms with van der Waals surface area (Å²) in [6.45, 7) is -1.77. The van der Waals surface area contributed by atoms with Gasteiger partial charge in [-0.05, 0) is 17.7 Å². The molecule has 1 fully saturated rings. The SMILES string of the molecule is O=C(O)C[C@H](NC(=O)CN1CCN(Cc2cc(F)cc(F)c2)C(=O)C1)C(=O)COc1c(F)c(F)cc(F)c1F. The van der Waals surface area contributed by atoms with Crippen molar-refractivity contribution in [1.82, 2.24) is 15.1 Å². The molecule has 1 aliphatic heterocycles. The quantitative estimate of drug-likeness (QED) is 0.318. The first kappa shape index (κ1) is 29.4. The molecule has 3 rings (SSSR count). The number of Topliss-reactive ketones (excluding diaryl/α,β-unsaturated/α-hetero) is 1. The van der Waals surface area contributed by atoms with Crippen LogP contribution in [0.1, 0.15) is 12.0 Å². The Labute approximate surface area is 216 Å². The molecule has 0 saturated carbocycles. The highest BCUT2D eigenvalue weighted by molar-refractivity contribution is 5.93. The average Bonchev–Trinajstić information content (AvgIpc) is 2.83. The van der Waals surface area contributed by atoms with Gasteiger partial charge in [0.1, 0.15) is 24.3 Å². The second-order valence-corrected chi connectivity index (χ2v) is 8.57. The summed E-state index contributed by atoms with van der Waals surface area (Å²) in [5, 5.41) is 11.2. The first-order valence-corrected chi connectivity index (χ1v) is 11.3. The molecule has 210 valence electrons. The Bertz CT molecular complexity index is 1250. The van der Waals surface area contributed by atoms with Crippen LogP contribution in [0.5, 0.6) is 5.75 Å². The first-order chi connectivity index (χ1) is 18.3. The number of nitrogens with one attached hydrogen (secondary N) is 1. The maximum Gasteiger partial charge on any atom is 0.305 e. The van der Waals surface area contributed by atoms with Crippen molar-refractivity contribution in [3.63, 3.8) is 0 Å². The molecule has 0 bridgehead atoms. The summed E-state index contributed by atoms with van der Waals surface area (Å²) in [6, 6.07) is 1.03. The number of benzene rings is 2. The number of hydrogen-bond acceptors (Lipinski definition) is 6. The normalized spacial score (nSPS) is 14.7. The Morgan fingerprint density at radius 2 is 1.56 bits per heavy atom. The van der Waals surface area contributed by atoms with E-state index in [0.29, 0.717) is 6.07 Å². The largest absolute Gasteiger partial charge is 0.481 e. The molecule has 1 heterocycles. The Hall–Kier alpha value is -4.14. The van der Waals surface area contributed by atoms with E-state index in [0.717, 1.165) is 12.1 Å². The lowest BCUT2D eigenvalue weighted by Crippen LogP contribution is -2.54. The number of nitrogens with zero attached hydrogens (tertiary/aromatic N) is 2. The van der Waals surface area contributed by atoms with E-state index in [9.17, 15) is 45.5 Å². The molecule has 2 amide bonds. The fourth-order valence-electron chi connectivity index (χ4n) is 3.77. The fraction of sp³-hybridized carbons (Fsp3) is 0.333. The van der Waals surface area contributed by atoms with Crippen molar-refractivity contribution < 1.29 is 55.4 Å². The fourth-order valence-corrected chi connectivity index (χ4v) is 3.77. The number of carbonyl (C=O) groups excluding carboxylic acids is 3. The van der Waals surface area contributed by atoms with E-state index < -0.39 is 89.8 Å². The molecule has 0 spiro atoms. The van der Waals surface area contributed by atoms with Gasteiger partial charge in [0.05, 0.1) is 19.5 Å². The second-order valence-electron chi connectivity index (χ2n) is 8.57. The molecule has 0 unspecified atom stereocenters. The molecule has 1 saturated heterocycles.